The van der Waals surface area contributed by atoms with Gasteiger partial charge >= 0.3 is 6.09 Å². The number of rotatable bonds is 2. The van der Waals surface area contributed by atoms with E-state index in [0.717, 1.165) is 18.7 Å². The van der Waals surface area contributed by atoms with Gasteiger partial charge in [0.15, 0.2) is 0 Å². The zero-order valence-electron chi connectivity index (χ0n) is 14.8. The van der Waals surface area contributed by atoms with Crippen LogP contribution in [0.5, 0.6) is 5.75 Å². The maximum atomic E-state index is 12.2. The minimum atomic E-state index is -0.470. The van der Waals surface area contributed by atoms with E-state index in [2.05, 4.69) is 42.2 Å². The smallest absolute Gasteiger partial charge is 0.410 e. The molecule has 0 saturated carbocycles. The molecule has 2 atom stereocenters. The first kappa shape index (κ1) is 16.0. The molecule has 25 heavy (non-hydrogen) atoms. The van der Waals surface area contributed by atoms with E-state index in [1.54, 1.807) is 0 Å². The van der Waals surface area contributed by atoms with E-state index >= 15 is 0 Å². The van der Waals surface area contributed by atoms with E-state index in [4.69, 9.17) is 4.74 Å². The van der Waals surface area contributed by atoms with Crippen LogP contribution >= 0.6 is 0 Å². The standard InChI is InChI=1S/C20H23N3O2/c1-20-11-12-22(2)18(20)23(3)17-10-9-15(13-16(17)20)25-19(24)21-14-7-5-4-6-8-14/h4-10,13,18H,11-12H2,1-3H3,(H,21,24)/t18-,20-/m0/s1. The maximum absolute atomic E-state index is 12.2. The van der Waals surface area contributed by atoms with Crippen LogP contribution in [-0.2, 0) is 5.41 Å². The summed E-state index contributed by atoms with van der Waals surface area (Å²) < 4.78 is 5.52. The van der Waals surface area contributed by atoms with Crippen molar-refractivity contribution in [3.63, 3.8) is 0 Å². The average Bonchev–Trinajstić information content (AvgIpc) is 3.01. The number of amides is 1. The van der Waals surface area contributed by atoms with Crippen LogP contribution in [0.4, 0.5) is 16.2 Å². The molecule has 0 unspecified atom stereocenters. The summed E-state index contributed by atoms with van der Waals surface area (Å²) in [4.78, 5) is 16.9. The highest BCUT2D eigenvalue weighted by Crippen LogP contribution is 2.51. The molecule has 2 aromatic rings. The van der Waals surface area contributed by atoms with Crippen molar-refractivity contribution < 1.29 is 9.53 Å². The molecular formula is C20H23N3O2. The van der Waals surface area contributed by atoms with Crippen LogP contribution in [0, 0.1) is 0 Å². The highest BCUT2D eigenvalue weighted by atomic mass is 16.6. The summed E-state index contributed by atoms with van der Waals surface area (Å²) in [7, 11) is 4.31. The molecule has 2 heterocycles. The quantitative estimate of drug-likeness (QED) is 0.908. The lowest BCUT2D eigenvalue weighted by atomic mass is 9.81. The number of para-hydroxylation sites is 1. The van der Waals surface area contributed by atoms with Gasteiger partial charge in [-0.2, -0.15) is 0 Å². The van der Waals surface area contributed by atoms with Gasteiger partial charge in [-0.15, -0.1) is 0 Å². The topological polar surface area (TPSA) is 44.8 Å². The lowest BCUT2D eigenvalue weighted by Gasteiger charge is -2.32. The number of nitrogens with zero attached hydrogens (tertiary/aromatic N) is 2. The van der Waals surface area contributed by atoms with E-state index in [1.807, 2.05) is 42.5 Å². The molecule has 0 bridgehead atoms. The lowest BCUT2D eigenvalue weighted by molar-refractivity contribution is 0.215. The molecule has 130 valence electrons. The molecule has 1 saturated heterocycles. The van der Waals surface area contributed by atoms with Crippen LogP contribution in [-0.4, -0.2) is 37.8 Å². The van der Waals surface area contributed by atoms with Crippen molar-refractivity contribution in [2.45, 2.75) is 24.9 Å². The molecule has 1 fully saturated rings. The molecule has 0 spiro atoms. The first-order chi connectivity index (χ1) is 12.0. The predicted molar refractivity (Wildman–Crippen MR) is 99.3 cm³/mol. The van der Waals surface area contributed by atoms with Crippen molar-refractivity contribution >= 4 is 17.5 Å². The molecule has 0 radical (unpaired) electrons. The predicted octanol–water partition coefficient (Wildman–Crippen LogP) is 3.67. The third kappa shape index (κ3) is 2.55. The molecule has 5 heteroatoms. The second-order valence-electron chi connectivity index (χ2n) is 7.19. The molecular weight excluding hydrogens is 314 g/mol. The van der Waals surface area contributed by atoms with E-state index < -0.39 is 6.09 Å². The summed E-state index contributed by atoms with van der Waals surface area (Å²) in [5, 5.41) is 2.75. The van der Waals surface area contributed by atoms with Gasteiger partial charge in [-0.3, -0.25) is 10.2 Å². The van der Waals surface area contributed by atoms with Crippen LogP contribution < -0.4 is 15.0 Å². The van der Waals surface area contributed by atoms with Gasteiger partial charge in [0.05, 0.1) is 6.17 Å². The normalized spacial score (nSPS) is 24.8. The molecule has 5 nitrogen and oxygen atoms in total. The summed E-state index contributed by atoms with van der Waals surface area (Å²) in [5.41, 5.74) is 3.26. The van der Waals surface area contributed by atoms with Crippen molar-refractivity contribution in [2.75, 3.05) is 30.9 Å². The van der Waals surface area contributed by atoms with Crippen LogP contribution in [0.25, 0.3) is 0 Å². The minimum Gasteiger partial charge on any atom is -0.410 e. The molecule has 1 amide bonds. The Hall–Kier alpha value is -2.53. The Morgan fingerprint density at radius 3 is 2.72 bits per heavy atom. The second kappa shape index (κ2) is 5.77. The second-order valence-corrected chi connectivity index (χ2v) is 7.19. The number of likely N-dealkylation sites (N-methyl/N-ethyl adjacent to an activating group) is 2. The van der Waals surface area contributed by atoms with Gasteiger partial charge in [0, 0.05) is 30.4 Å². The van der Waals surface area contributed by atoms with Crippen molar-refractivity contribution in [2.24, 2.45) is 0 Å². The number of ether oxygens (including phenoxy) is 1. The van der Waals surface area contributed by atoms with Crippen molar-refractivity contribution in [1.82, 2.24) is 4.90 Å². The molecule has 4 rings (SSSR count). The third-order valence-electron chi connectivity index (χ3n) is 5.53. The fraction of sp³-hybridized carbons (Fsp3) is 0.350. The van der Waals surface area contributed by atoms with Crippen LogP contribution in [0.3, 0.4) is 0 Å². The number of nitrogens with one attached hydrogen (secondary N) is 1. The van der Waals surface area contributed by atoms with Crippen molar-refractivity contribution in [3.05, 3.63) is 54.1 Å². The van der Waals surface area contributed by atoms with Gasteiger partial charge in [0.1, 0.15) is 5.75 Å². The summed E-state index contributed by atoms with van der Waals surface area (Å²) in [6.07, 6.45) is 0.990. The van der Waals surface area contributed by atoms with E-state index in [0.29, 0.717) is 11.9 Å². The number of hydrogen-bond donors (Lipinski definition) is 1. The maximum Gasteiger partial charge on any atom is 0.417 e. The third-order valence-corrected chi connectivity index (χ3v) is 5.53. The first-order valence-electron chi connectivity index (χ1n) is 8.60. The molecule has 2 aromatic carbocycles. The average molecular weight is 337 g/mol. The van der Waals surface area contributed by atoms with Gasteiger partial charge in [-0.1, -0.05) is 25.1 Å². The summed E-state index contributed by atoms with van der Waals surface area (Å²) in [5.74, 6) is 0.581. The van der Waals surface area contributed by atoms with Crippen LogP contribution in [0.2, 0.25) is 0 Å². The summed E-state index contributed by atoms with van der Waals surface area (Å²) >= 11 is 0. The Labute approximate surface area is 148 Å². The molecule has 2 aliphatic rings. The highest BCUT2D eigenvalue weighted by molar-refractivity contribution is 5.86. The summed E-state index contributed by atoms with van der Waals surface area (Å²) in [6, 6.07) is 15.3. The number of carbonyl (C=O) groups is 1. The minimum absolute atomic E-state index is 0.0636. The fourth-order valence-electron chi connectivity index (χ4n) is 4.39. The van der Waals surface area contributed by atoms with E-state index in [9.17, 15) is 4.79 Å². The van der Waals surface area contributed by atoms with Crippen LogP contribution in [0.1, 0.15) is 18.9 Å². The van der Waals surface area contributed by atoms with Gasteiger partial charge < -0.3 is 9.64 Å². The van der Waals surface area contributed by atoms with E-state index in [1.165, 1.54) is 11.3 Å². The number of carbonyl (C=O) groups excluding carboxylic acids is 1. The molecule has 2 aliphatic heterocycles. The number of hydrogen-bond acceptors (Lipinski definition) is 4. The van der Waals surface area contributed by atoms with Gasteiger partial charge in [-0.25, -0.2) is 4.79 Å². The zero-order valence-corrected chi connectivity index (χ0v) is 14.8. The number of anilines is 2. The van der Waals surface area contributed by atoms with Crippen molar-refractivity contribution in [3.8, 4) is 5.75 Å². The largest absolute Gasteiger partial charge is 0.417 e. The Morgan fingerprint density at radius 1 is 1.20 bits per heavy atom. The summed E-state index contributed by atoms with van der Waals surface area (Å²) in [6.45, 7) is 3.38. The van der Waals surface area contributed by atoms with Gasteiger partial charge in [0.2, 0.25) is 0 Å². The Morgan fingerprint density at radius 2 is 1.96 bits per heavy atom. The Kier molecular flexibility index (Phi) is 3.69. The monoisotopic (exact) mass is 337 g/mol. The fourth-order valence-corrected chi connectivity index (χ4v) is 4.39. The molecule has 1 N–H and O–H groups in total. The Balaban J connectivity index is 1.56. The number of benzene rings is 2. The SMILES string of the molecule is CN1CC[C@@]2(C)c3cc(OC(=O)Nc4ccccc4)ccc3N(C)[C@H]12. The van der Waals surface area contributed by atoms with Crippen molar-refractivity contribution in [1.29, 1.82) is 0 Å². The number of fused-ring (bicyclic) bond motifs is 3. The van der Waals surface area contributed by atoms with E-state index in [-0.39, 0.29) is 5.41 Å². The molecule has 0 aromatic heterocycles. The highest BCUT2D eigenvalue weighted by Gasteiger charge is 2.52. The van der Waals surface area contributed by atoms with Crippen LogP contribution in [0.15, 0.2) is 48.5 Å². The zero-order chi connectivity index (χ0) is 17.6. The number of likely N-dealkylation sites (tertiary alicyclic amines) is 1. The first-order valence-corrected chi connectivity index (χ1v) is 8.60. The molecule has 0 aliphatic carbocycles. The lowest BCUT2D eigenvalue weighted by Crippen LogP contribution is -2.45. The van der Waals surface area contributed by atoms with Gasteiger partial charge in [-0.05, 0) is 49.4 Å². The van der Waals surface area contributed by atoms with Gasteiger partial charge in [0.25, 0.3) is 0 Å². The Bertz CT molecular complexity index is 808.